The van der Waals surface area contributed by atoms with Gasteiger partial charge in [0.25, 0.3) is 0 Å². The molecule has 0 aromatic heterocycles. The second kappa shape index (κ2) is 6.24. The van der Waals surface area contributed by atoms with Crippen molar-refractivity contribution >= 4 is 27.5 Å². The predicted molar refractivity (Wildman–Crippen MR) is 79.0 cm³/mol. The van der Waals surface area contributed by atoms with E-state index < -0.39 is 0 Å². The molecule has 1 aliphatic rings. The summed E-state index contributed by atoms with van der Waals surface area (Å²) >= 11 is 9.78. The second-order valence-electron chi connectivity index (χ2n) is 5.37. The van der Waals surface area contributed by atoms with Gasteiger partial charge in [0.1, 0.15) is 0 Å². The van der Waals surface area contributed by atoms with Crippen molar-refractivity contribution in [3.05, 3.63) is 34.9 Å². The Labute approximate surface area is 118 Å². The molecule has 94 valence electrons. The Balaban J connectivity index is 1.88. The summed E-state index contributed by atoms with van der Waals surface area (Å²) in [6, 6.07) is 8.25. The van der Waals surface area contributed by atoms with E-state index in [1.807, 2.05) is 12.1 Å². The first-order valence-electron chi connectivity index (χ1n) is 6.53. The van der Waals surface area contributed by atoms with Crippen LogP contribution in [-0.4, -0.2) is 4.83 Å². The van der Waals surface area contributed by atoms with Crippen LogP contribution < -0.4 is 0 Å². The molecule has 0 amide bonds. The molecule has 0 bridgehead atoms. The zero-order valence-electron chi connectivity index (χ0n) is 10.3. The first kappa shape index (κ1) is 13.4. The molecule has 2 heteroatoms. The molecular formula is C15H20BrCl. The molecule has 0 radical (unpaired) electrons. The maximum Gasteiger partial charge on any atom is 0.0406 e. The van der Waals surface area contributed by atoms with Crippen LogP contribution in [0.3, 0.4) is 0 Å². The van der Waals surface area contributed by atoms with Crippen molar-refractivity contribution in [1.29, 1.82) is 0 Å². The van der Waals surface area contributed by atoms with Gasteiger partial charge < -0.3 is 0 Å². The molecule has 1 saturated carbocycles. The topological polar surface area (TPSA) is 0 Å². The van der Waals surface area contributed by atoms with Crippen LogP contribution in [0.25, 0.3) is 0 Å². The molecular weight excluding hydrogens is 296 g/mol. The van der Waals surface area contributed by atoms with E-state index in [0.29, 0.717) is 4.83 Å². The average molecular weight is 316 g/mol. The van der Waals surface area contributed by atoms with Crippen LogP contribution in [0.4, 0.5) is 0 Å². The molecule has 1 atom stereocenters. The highest BCUT2D eigenvalue weighted by molar-refractivity contribution is 9.09. The minimum atomic E-state index is 0.621. The molecule has 1 aromatic carbocycles. The minimum Gasteiger partial charge on any atom is -0.0884 e. The zero-order chi connectivity index (χ0) is 12.3. The van der Waals surface area contributed by atoms with Crippen molar-refractivity contribution in [1.82, 2.24) is 0 Å². The first-order valence-corrected chi connectivity index (χ1v) is 7.83. The highest BCUT2D eigenvalue weighted by Gasteiger charge is 2.24. The van der Waals surface area contributed by atoms with Crippen molar-refractivity contribution in [2.45, 2.75) is 43.9 Å². The highest BCUT2D eigenvalue weighted by atomic mass is 79.9. The van der Waals surface area contributed by atoms with E-state index in [1.165, 1.54) is 31.2 Å². The third-order valence-corrected chi connectivity index (χ3v) is 5.24. The van der Waals surface area contributed by atoms with E-state index in [0.717, 1.165) is 23.3 Å². The van der Waals surface area contributed by atoms with Crippen LogP contribution in [0.5, 0.6) is 0 Å². The highest BCUT2D eigenvalue weighted by Crippen LogP contribution is 2.34. The largest absolute Gasteiger partial charge is 0.0884 e. The summed E-state index contributed by atoms with van der Waals surface area (Å²) in [5.74, 6) is 1.78. The Hall–Kier alpha value is -0.0100. The van der Waals surface area contributed by atoms with Crippen molar-refractivity contribution < 1.29 is 0 Å². The molecule has 1 unspecified atom stereocenters. The van der Waals surface area contributed by atoms with Crippen LogP contribution >= 0.6 is 27.5 Å². The number of hydrogen-bond donors (Lipinski definition) is 0. The molecule has 17 heavy (non-hydrogen) atoms. The molecule has 1 fully saturated rings. The summed E-state index contributed by atoms with van der Waals surface area (Å²) in [7, 11) is 0. The molecule has 0 aliphatic heterocycles. The smallest absolute Gasteiger partial charge is 0.0406 e. The van der Waals surface area contributed by atoms with Gasteiger partial charge in [0.2, 0.25) is 0 Å². The lowest BCUT2D eigenvalue weighted by atomic mass is 9.80. The third kappa shape index (κ3) is 3.99. The molecule has 0 N–H and O–H groups in total. The summed E-state index contributed by atoms with van der Waals surface area (Å²) in [4.78, 5) is 0.621. The van der Waals surface area contributed by atoms with Crippen molar-refractivity contribution in [3.8, 4) is 0 Å². The number of alkyl halides is 1. The van der Waals surface area contributed by atoms with E-state index in [9.17, 15) is 0 Å². The molecule has 1 aromatic rings. The summed E-state index contributed by atoms with van der Waals surface area (Å²) < 4.78 is 0. The minimum absolute atomic E-state index is 0.621. The van der Waals surface area contributed by atoms with Crippen LogP contribution in [0, 0.1) is 11.8 Å². The second-order valence-corrected chi connectivity index (χ2v) is 6.98. The Morgan fingerprint density at radius 2 is 1.76 bits per heavy atom. The Morgan fingerprint density at radius 1 is 1.18 bits per heavy atom. The van der Waals surface area contributed by atoms with E-state index >= 15 is 0 Å². The number of hydrogen-bond acceptors (Lipinski definition) is 0. The summed E-state index contributed by atoms with van der Waals surface area (Å²) in [5.41, 5.74) is 1.38. The fourth-order valence-electron chi connectivity index (χ4n) is 2.66. The van der Waals surface area contributed by atoms with Gasteiger partial charge in [-0.1, -0.05) is 59.4 Å². The van der Waals surface area contributed by atoms with E-state index in [2.05, 4.69) is 35.0 Å². The van der Waals surface area contributed by atoms with Crippen molar-refractivity contribution in [3.63, 3.8) is 0 Å². The van der Waals surface area contributed by atoms with Gasteiger partial charge in [0.15, 0.2) is 0 Å². The lowest BCUT2D eigenvalue weighted by molar-refractivity contribution is 0.285. The van der Waals surface area contributed by atoms with Gasteiger partial charge in [0.05, 0.1) is 0 Å². The van der Waals surface area contributed by atoms with Crippen molar-refractivity contribution in [2.24, 2.45) is 11.8 Å². The van der Waals surface area contributed by atoms with Gasteiger partial charge in [-0.25, -0.2) is 0 Å². The number of rotatable bonds is 3. The Kier molecular flexibility index (Phi) is 4.93. The third-order valence-electron chi connectivity index (χ3n) is 3.92. The molecule has 0 spiro atoms. The SMILES string of the molecule is CC1CCC(C(Br)Cc2ccc(Cl)cc2)CC1. The Morgan fingerprint density at radius 3 is 2.35 bits per heavy atom. The van der Waals surface area contributed by atoms with E-state index in [-0.39, 0.29) is 0 Å². The van der Waals surface area contributed by atoms with Gasteiger partial charge in [-0.15, -0.1) is 0 Å². The molecule has 0 saturated heterocycles. The van der Waals surface area contributed by atoms with Gasteiger partial charge in [-0.05, 0) is 48.8 Å². The average Bonchev–Trinajstić information content (AvgIpc) is 2.33. The normalized spacial score (nSPS) is 26.8. The maximum absolute atomic E-state index is 5.90. The van der Waals surface area contributed by atoms with Crippen LogP contribution in [0.2, 0.25) is 5.02 Å². The maximum atomic E-state index is 5.90. The number of benzene rings is 1. The quantitative estimate of drug-likeness (QED) is 0.649. The van der Waals surface area contributed by atoms with Crippen LogP contribution in [-0.2, 0) is 6.42 Å². The molecule has 2 rings (SSSR count). The number of halogens is 2. The van der Waals surface area contributed by atoms with Crippen LogP contribution in [0.15, 0.2) is 24.3 Å². The molecule has 1 aliphatic carbocycles. The van der Waals surface area contributed by atoms with Gasteiger partial charge in [-0.2, -0.15) is 0 Å². The fraction of sp³-hybridized carbons (Fsp3) is 0.600. The van der Waals surface area contributed by atoms with E-state index in [4.69, 9.17) is 11.6 Å². The van der Waals surface area contributed by atoms with Crippen LogP contribution in [0.1, 0.15) is 38.2 Å². The molecule has 0 heterocycles. The Bertz CT molecular complexity index is 338. The summed E-state index contributed by atoms with van der Waals surface area (Å²) in [6.07, 6.45) is 6.67. The van der Waals surface area contributed by atoms with Gasteiger partial charge in [-0.3, -0.25) is 0 Å². The van der Waals surface area contributed by atoms with Gasteiger partial charge >= 0.3 is 0 Å². The lowest BCUT2D eigenvalue weighted by Crippen LogP contribution is -2.22. The van der Waals surface area contributed by atoms with Crippen molar-refractivity contribution in [2.75, 3.05) is 0 Å². The molecule has 0 nitrogen and oxygen atoms in total. The standard InChI is InChI=1S/C15H20BrCl/c1-11-2-6-13(7-3-11)15(16)10-12-4-8-14(17)9-5-12/h4-5,8-9,11,13,15H,2-3,6-7,10H2,1H3. The first-order chi connectivity index (χ1) is 8.15. The van der Waals surface area contributed by atoms with E-state index in [1.54, 1.807) is 0 Å². The summed E-state index contributed by atoms with van der Waals surface area (Å²) in [6.45, 7) is 2.37. The predicted octanol–water partition coefficient (Wildman–Crippen LogP) is 5.47. The van der Waals surface area contributed by atoms with Gasteiger partial charge in [0, 0.05) is 9.85 Å². The fourth-order valence-corrected chi connectivity index (χ4v) is 3.69. The lowest BCUT2D eigenvalue weighted by Gasteiger charge is -2.29. The zero-order valence-corrected chi connectivity index (χ0v) is 12.7. The monoisotopic (exact) mass is 314 g/mol. The summed E-state index contributed by atoms with van der Waals surface area (Å²) in [5, 5.41) is 0.825.